The largest absolute Gasteiger partial charge is 0.444 e. The second-order valence-electron chi connectivity index (χ2n) is 10.6. The molecule has 2 saturated carbocycles. The van der Waals surface area contributed by atoms with Crippen LogP contribution in [0.15, 0.2) is 24.3 Å². The number of amides is 3. The summed E-state index contributed by atoms with van der Waals surface area (Å²) < 4.78 is 5.27. The van der Waals surface area contributed by atoms with E-state index in [4.69, 9.17) is 4.74 Å². The highest BCUT2D eigenvalue weighted by atomic mass is 16.6. The zero-order chi connectivity index (χ0) is 24.2. The van der Waals surface area contributed by atoms with Crippen molar-refractivity contribution in [2.45, 2.75) is 96.9 Å². The summed E-state index contributed by atoms with van der Waals surface area (Å²) in [6.07, 6.45) is 5.58. The quantitative estimate of drug-likeness (QED) is 0.641. The number of ether oxygens (including phenoxy) is 1. The number of aryl methyl sites for hydroxylation is 1. The number of nitrogens with zero attached hydrogens (tertiary/aromatic N) is 1. The van der Waals surface area contributed by atoms with Gasteiger partial charge in [0.05, 0.1) is 0 Å². The first-order valence-electron chi connectivity index (χ1n) is 12.2. The molecule has 3 amide bonds. The Morgan fingerprint density at radius 3 is 2.39 bits per heavy atom. The maximum atomic E-state index is 13.6. The number of carbonyl (C=O) groups is 3. The smallest absolute Gasteiger partial charge is 0.408 e. The number of carbonyl (C=O) groups excluding carboxylic acids is 3. The van der Waals surface area contributed by atoms with E-state index in [2.05, 4.69) is 17.6 Å². The minimum atomic E-state index is -0.727. The van der Waals surface area contributed by atoms with Crippen molar-refractivity contribution >= 4 is 17.9 Å². The fourth-order valence-corrected chi connectivity index (χ4v) is 4.57. The molecule has 1 aromatic carbocycles. The van der Waals surface area contributed by atoms with Gasteiger partial charge in [-0.2, -0.15) is 0 Å². The number of nitrogens with one attached hydrogen (secondary N) is 2. The third kappa shape index (κ3) is 7.21. The van der Waals surface area contributed by atoms with Crippen LogP contribution >= 0.6 is 0 Å². The highest BCUT2D eigenvalue weighted by Crippen LogP contribution is 2.40. The summed E-state index contributed by atoms with van der Waals surface area (Å²) in [4.78, 5) is 40.9. The molecule has 0 aromatic heterocycles. The molecule has 0 radical (unpaired) electrons. The first kappa shape index (κ1) is 25.1. The Kier molecular flexibility index (Phi) is 8.03. The minimum absolute atomic E-state index is 0.0273. The van der Waals surface area contributed by atoms with E-state index in [0.29, 0.717) is 5.92 Å². The van der Waals surface area contributed by atoms with Gasteiger partial charge < -0.3 is 20.3 Å². The minimum Gasteiger partial charge on any atom is -0.444 e. The Morgan fingerprint density at radius 2 is 1.82 bits per heavy atom. The maximum absolute atomic E-state index is 13.6. The van der Waals surface area contributed by atoms with Crippen molar-refractivity contribution in [3.63, 3.8) is 0 Å². The lowest BCUT2D eigenvalue weighted by atomic mass is 9.94. The van der Waals surface area contributed by atoms with Crippen LogP contribution in [-0.2, 0) is 14.3 Å². The van der Waals surface area contributed by atoms with Gasteiger partial charge in [-0.25, -0.2) is 4.79 Å². The SMILES string of the molecule is Cc1cccc(C(C(=O)NC2CCCCC2)N(C(=O)CNC(=O)OC(C)(C)C)C2CC2C)c1. The van der Waals surface area contributed by atoms with Gasteiger partial charge in [0.25, 0.3) is 0 Å². The van der Waals surface area contributed by atoms with Crippen molar-refractivity contribution in [2.24, 2.45) is 5.92 Å². The molecule has 7 heteroatoms. The molecule has 3 unspecified atom stereocenters. The van der Waals surface area contributed by atoms with Gasteiger partial charge in [-0.15, -0.1) is 0 Å². The normalized spacial score (nSPS) is 21.6. The number of benzene rings is 1. The van der Waals surface area contributed by atoms with Crippen LogP contribution in [0.25, 0.3) is 0 Å². The van der Waals surface area contributed by atoms with Crippen molar-refractivity contribution in [1.82, 2.24) is 15.5 Å². The van der Waals surface area contributed by atoms with E-state index in [1.165, 1.54) is 6.42 Å². The fraction of sp³-hybridized carbons (Fsp3) is 0.654. The summed E-state index contributed by atoms with van der Waals surface area (Å²) in [6, 6.07) is 7.17. The highest BCUT2D eigenvalue weighted by molar-refractivity contribution is 5.91. The molecule has 3 rings (SSSR count). The number of hydrogen-bond donors (Lipinski definition) is 2. The van der Waals surface area contributed by atoms with Crippen LogP contribution in [0.5, 0.6) is 0 Å². The van der Waals surface area contributed by atoms with Gasteiger partial charge >= 0.3 is 6.09 Å². The second-order valence-corrected chi connectivity index (χ2v) is 10.6. The van der Waals surface area contributed by atoms with E-state index in [9.17, 15) is 14.4 Å². The zero-order valence-electron chi connectivity index (χ0n) is 20.6. The standard InChI is InChI=1S/C26H39N3O4/c1-17-10-9-11-19(14-17)23(24(31)28-20-12-7-6-8-13-20)29(21-15-18(21)2)22(30)16-27-25(32)33-26(3,4)5/h9-11,14,18,20-21,23H,6-8,12-13,15-16H2,1-5H3,(H,27,32)(H,28,31). The zero-order valence-corrected chi connectivity index (χ0v) is 20.6. The Labute approximate surface area is 197 Å². The molecule has 182 valence electrons. The molecule has 33 heavy (non-hydrogen) atoms. The summed E-state index contributed by atoms with van der Waals surface area (Å²) in [5, 5.41) is 5.79. The van der Waals surface area contributed by atoms with Crippen LogP contribution in [-0.4, -0.2) is 47.0 Å². The average Bonchev–Trinajstić information content (AvgIpc) is 3.45. The lowest BCUT2D eigenvalue weighted by Gasteiger charge is -2.34. The van der Waals surface area contributed by atoms with Gasteiger partial charge in [-0.3, -0.25) is 9.59 Å². The van der Waals surface area contributed by atoms with Gasteiger partial charge in [0.1, 0.15) is 18.2 Å². The number of rotatable bonds is 7. The molecule has 0 aliphatic heterocycles. The molecule has 2 aliphatic rings. The van der Waals surface area contributed by atoms with Crippen LogP contribution in [0, 0.1) is 12.8 Å². The molecule has 0 saturated heterocycles. The molecule has 0 bridgehead atoms. The Bertz CT molecular complexity index is 857. The van der Waals surface area contributed by atoms with Crippen molar-refractivity contribution in [3.05, 3.63) is 35.4 Å². The predicted octanol–water partition coefficient (Wildman–Crippen LogP) is 4.25. The van der Waals surface area contributed by atoms with E-state index in [1.54, 1.807) is 25.7 Å². The van der Waals surface area contributed by atoms with Crippen LogP contribution in [0.1, 0.15) is 83.4 Å². The molecule has 2 fully saturated rings. The predicted molar refractivity (Wildman–Crippen MR) is 128 cm³/mol. The Morgan fingerprint density at radius 1 is 1.15 bits per heavy atom. The van der Waals surface area contributed by atoms with Gasteiger partial charge in [-0.1, -0.05) is 56.0 Å². The van der Waals surface area contributed by atoms with Crippen LogP contribution < -0.4 is 10.6 Å². The lowest BCUT2D eigenvalue weighted by Crippen LogP contribution is -2.50. The molecule has 2 aliphatic carbocycles. The monoisotopic (exact) mass is 457 g/mol. The van der Waals surface area contributed by atoms with E-state index in [0.717, 1.165) is 43.2 Å². The van der Waals surface area contributed by atoms with Crippen molar-refractivity contribution < 1.29 is 19.1 Å². The van der Waals surface area contributed by atoms with Crippen LogP contribution in [0.3, 0.4) is 0 Å². The van der Waals surface area contributed by atoms with E-state index in [1.807, 2.05) is 31.2 Å². The number of alkyl carbamates (subject to hydrolysis) is 1. The van der Waals surface area contributed by atoms with Gasteiger partial charge in [0.2, 0.25) is 11.8 Å². The second kappa shape index (κ2) is 10.6. The Hall–Kier alpha value is -2.57. The first-order valence-corrected chi connectivity index (χ1v) is 12.2. The molecular formula is C26H39N3O4. The van der Waals surface area contributed by atoms with E-state index < -0.39 is 17.7 Å². The molecule has 0 heterocycles. The Balaban J connectivity index is 1.82. The van der Waals surface area contributed by atoms with E-state index in [-0.39, 0.29) is 30.4 Å². The highest BCUT2D eigenvalue weighted by Gasteiger charge is 2.46. The summed E-state index contributed by atoms with van der Waals surface area (Å²) >= 11 is 0. The fourth-order valence-electron chi connectivity index (χ4n) is 4.57. The third-order valence-electron chi connectivity index (χ3n) is 6.33. The summed E-state index contributed by atoms with van der Waals surface area (Å²) in [5.41, 5.74) is 1.18. The van der Waals surface area contributed by atoms with Crippen molar-refractivity contribution in [2.75, 3.05) is 6.54 Å². The summed E-state index contributed by atoms with van der Waals surface area (Å²) in [7, 11) is 0. The average molecular weight is 458 g/mol. The summed E-state index contributed by atoms with van der Waals surface area (Å²) in [5.74, 6) is -0.108. The van der Waals surface area contributed by atoms with Crippen LogP contribution in [0.2, 0.25) is 0 Å². The first-order chi connectivity index (χ1) is 15.5. The third-order valence-corrected chi connectivity index (χ3v) is 6.33. The molecule has 1 aromatic rings. The molecular weight excluding hydrogens is 418 g/mol. The van der Waals surface area contributed by atoms with Crippen molar-refractivity contribution in [3.8, 4) is 0 Å². The molecule has 3 atom stereocenters. The lowest BCUT2D eigenvalue weighted by molar-refractivity contribution is -0.141. The van der Waals surface area contributed by atoms with Crippen LogP contribution in [0.4, 0.5) is 4.79 Å². The van der Waals surface area contributed by atoms with Crippen molar-refractivity contribution in [1.29, 1.82) is 0 Å². The molecule has 7 nitrogen and oxygen atoms in total. The molecule has 2 N–H and O–H groups in total. The van der Waals surface area contributed by atoms with Gasteiger partial charge in [0, 0.05) is 12.1 Å². The van der Waals surface area contributed by atoms with Gasteiger partial charge in [0.15, 0.2) is 0 Å². The number of hydrogen-bond acceptors (Lipinski definition) is 4. The molecule has 0 spiro atoms. The van der Waals surface area contributed by atoms with Gasteiger partial charge in [-0.05, 0) is 58.4 Å². The topological polar surface area (TPSA) is 87.7 Å². The van der Waals surface area contributed by atoms with E-state index >= 15 is 0 Å². The summed E-state index contributed by atoms with van der Waals surface area (Å²) in [6.45, 7) is 9.17. The maximum Gasteiger partial charge on any atom is 0.408 e.